The van der Waals surface area contributed by atoms with Gasteiger partial charge in [-0.15, -0.1) is 0 Å². The Morgan fingerprint density at radius 3 is 2.43 bits per heavy atom. The van der Waals surface area contributed by atoms with Gasteiger partial charge in [0.1, 0.15) is 0 Å². The predicted molar refractivity (Wildman–Crippen MR) is 44.6 cm³/mol. The van der Waals surface area contributed by atoms with E-state index in [1.807, 2.05) is 0 Å². The van der Waals surface area contributed by atoms with Crippen molar-refractivity contribution in [2.75, 3.05) is 6.61 Å². The molecule has 0 saturated carbocycles. The molecule has 1 heterocycles. The van der Waals surface area contributed by atoms with Crippen molar-refractivity contribution in [3.05, 3.63) is 40.7 Å². The quantitative estimate of drug-likeness (QED) is 0.320. The predicted octanol–water partition coefficient (Wildman–Crippen LogP) is -0.0911. The molecular weight excluding hydrogens is 191 g/mol. The number of pyridine rings is 1. The first kappa shape index (κ1) is 10.5. The molecule has 14 heavy (non-hydrogen) atoms. The molecule has 1 aromatic rings. The average Bonchev–Trinajstić information content (AvgIpc) is 2.19. The Hall–Kier alpha value is -1.56. The number of aliphatic hydroxyl groups excluding tert-OH is 1. The number of halogens is 1. The molecule has 1 N–H and O–H groups in total. The molecule has 1 atom stereocenters. The molecule has 6 heteroatoms. The number of nitro groups is 1. The van der Waals surface area contributed by atoms with E-state index in [2.05, 4.69) is 0 Å². The molecule has 1 rings (SSSR count). The van der Waals surface area contributed by atoms with Crippen LogP contribution in [-0.4, -0.2) is 22.4 Å². The van der Waals surface area contributed by atoms with Crippen LogP contribution in [0.1, 0.15) is 0 Å². The molecule has 1 aromatic heterocycles. The lowest BCUT2D eigenvalue weighted by molar-refractivity contribution is -0.764. The van der Waals surface area contributed by atoms with Gasteiger partial charge in [-0.1, -0.05) is 6.07 Å². The minimum Gasteiger partial charge on any atom is -0.385 e. The SMILES string of the molecule is O=[N+]([O-])C(F)(CO)C[n+]1ccccc1. The van der Waals surface area contributed by atoms with Gasteiger partial charge >= 0.3 is 5.79 Å². The van der Waals surface area contributed by atoms with Crippen molar-refractivity contribution in [2.45, 2.75) is 12.3 Å². The Morgan fingerprint density at radius 2 is 2.00 bits per heavy atom. The number of aromatic nitrogens is 1. The van der Waals surface area contributed by atoms with Crippen LogP contribution in [-0.2, 0) is 6.54 Å². The summed E-state index contributed by atoms with van der Waals surface area (Å²) in [4.78, 5) is 9.20. The highest BCUT2D eigenvalue weighted by Crippen LogP contribution is 2.10. The molecule has 0 radical (unpaired) electrons. The Labute approximate surface area is 79.6 Å². The normalized spacial score (nSPS) is 14.7. The summed E-state index contributed by atoms with van der Waals surface area (Å²) in [7, 11) is 0. The second-order valence-electron chi connectivity index (χ2n) is 2.88. The number of aliphatic hydroxyl groups is 1. The topological polar surface area (TPSA) is 67.2 Å². The van der Waals surface area contributed by atoms with Crippen LogP contribution in [0.2, 0.25) is 0 Å². The fraction of sp³-hybridized carbons (Fsp3) is 0.375. The Bertz CT molecular complexity index is 320. The van der Waals surface area contributed by atoms with Gasteiger partial charge in [-0.3, -0.25) is 10.1 Å². The van der Waals surface area contributed by atoms with Crippen LogP contribution in [0.25, 0.3) is 0 Å². The molecule has 0 aliphatic heterocycles. The van der Waals surface area contributed by atoms with E-state index in [-0.39, 0.29) is 0 Å². The highest BCUT2D eigenvalue weighted by Gasteiger charge is 2.47. The van der Waals surface area contributed by atoms with E-state index in [9.17, 15) is 14.5 Å². The van der Waals surface area contributed by atoms with Crippen LogP contribution in [0.4, 0.5) is 4.39 Å². The van der Waals surface area contributed by atoms with Gasteiger partial charge in [0.25, 0.3) is 6.54 Å². The van der Waals surface area contributed by atoms with Gasteiger partial charge in [-0.05, 0) is 0 Å². The Morgan fingerprint density at radius 1 is 1.43 bits per heavy atom. The summed E-state index contributed by atoms with van der Waals surface area (Å²) in [5.74, 6) is -2.81. The number of nitrogens with zero attached hydrogens (tertiary/aromatic N) is 2. The first-order valence-corrected chi connectivity index (χ1v) is 3.97. The van der Waals surface area contributed by atoms with Crippen LogP contribution in [0, 0.1) is 10.1 Å². The van der Waals surface area contributed by atoms with Crippen LogP contribution >= 0.6 is 0 Å². The maximum absolute atomic E-state index is 13.4. The second kappa shape index (κ2) is 4.10. The van der Waals surface area contributed by atoms with E-state index in [1.165, 1.54) is 17.0 Å². The Balaban J connectivity index is 2.81. The minimum atomic E-state index is -2.81. The zero-order valence-corrected chi connectivity index (χ0v) is 7.34. The van der Waals surface area contributed by atoms with E-state index in [4.69, 9.17) is 5.11 Å². The average molecular weight is 201 g/mol. The zero-order chi connectivity index (χ0) is 10.6. The molecule has 0 spiro atoms. The molecule has 5 nitrogen and oxygen atoms in total. The fourth-order valence-corrected chi connectivity index (χ4v) is 0.985. The van der Waals surface area contributed by atoms with Crippen LogP contribution in [0.5, 0.6) is 0 Å². The van der Waals surface area contributed by atoms with Crippen LogP contribution < -0.4 is 4.57 Å². The number of hydrogen-bond acceptors (Lipinski definition) is 3. The van der Waals surface area contributed by atoms with Gasteiger partial charge in [0.2, 0.25) is 0 Å². The summed E-state index contributed by atoms with van der Waals surface area (Å²) in [5, 5.41) is 18.9. The van der Waals surface area contributed by atoms with Crippen molar-refractivity contribution in [1.82, 2.24) is 0 Å². The summed E-state index contributed by atoms with van der Waals surface area (Å²) in [6.45, 7) is -1.64. The van der Waals surface area contributed by atoms with Crippen LogP contribution in [0.3, 0.4) is 0 Å². The van der Waals surface area contributed by atoms with Gasteiger partial charge in [-0.2, -0.15) is 8.96 Å². The molecule has 1 unspecified atom stereocenters. The molecular formula is C8H10FN2O3+. The molecule has 0 saturated heterocycles. The standard InChI is InChI=1S/C8H10FN2O3/c9-8(7-12,11(13)14)6-10-4-2-1-3-5-10/h1-5,12H,6-7H2/q+1. The second-order valence-corrected chi connectivity index (χ2v) is 2.88. The third-order valence-electron chi connectivity index (χ3n) is 1.77. The highest BCUT2D eigenvalue weighted by atomic mass is 19.1. The summed E-state index contributed by atoms with van der Waals surface area (Å²) >= 11 is 0. The first-order valence-electron chi connectivity index (χ1n) is 3.97. The van der Waals surface area contributed by atoms with Gasteiger partial charge in [0, 0.05) is 12.1 Å². The lowest BCUT2D eigenvalue weighted by atomic mass is 10.3. The van der Waals surface area contributed by atoms with E-state index in [0.717, 1.165) is 0 Å². The van der Waals surface area contributed by atoms with Gasteiger partial charge in [0.15, 0.2) is 19.0 Å². The largest absolute Gasteiger partial charge is 0.438 e. The third kappa shape index (κ3) is 2.23. The lowest BCUT2D eigenvalue weighted by Gasteiger charge is -2.09. The van der Waals surface area contributed by atoms with E-state index in [0.29, 0.717) is 0 Å². The summed E-state index contributed by atoms with van der Waals surface area (Å²) < 4.78 is 14.7. The van der Waals surface area contributed by atoms with E-state index in [1.54, 1.807) is 18.2 Å². The van der Waals surface area contributed by atoms with Crippen molar-refractivity contribution in [3.63, 3.8) is 0 Å². The van der Waals surface area contributed by atoms with Crippen molar-refractivity contribution in [3.8, 4) is 0 Å². The van der Waals surface area contributed by atoms with E-state index < -0.39 is 23.9 Å². The molecule has 76 valence electrons. The maximum atomic E-state index is 13.4. The maximum Gasteiger partial charge on any atom is 0.438 e. The first-order chi connectivity index (χ1) is 6.58. The van der Waals surface area contributed by atoms with Gasteiger partial charge < -0.3 is 5.11 Å². The van der Waals surface area contributed by atoms with Crippen molar-refractivity contribution < 1.29 is 19.0 Å². The summed E-state index contributed by atoms with van der Waals surface area (Å²) in [6, 6.07) is 4.96. The summed E-state index contributed by atoms with van der Waals surface area (Å²) in [6.07, 6.45) is 2.99. The zero-order valence-electron chi connectivity index (χ0n) is 7.34. The highest BCUT2D eigenvalue weighted by molar-refractivity contribution is 4.83. The monoisotopic (exact) mass is 201 g/mol. The lowest BCUT2D eigenvalue weighted by Crippen LogP contribution is -2.51. The Kier molecular flexibility index (Phi) is 3.08. The molecule has 0 aliphatic carbocycles. The molecule has 0 bridgehead atoms. The smallest absolute Gasteiger partial charge is 0.385 e. The number of alkyl halides is 1. The van der Waals surface area contributed by atoms with Crippen molar-refractivity contribution >= 4 is 0 Å². The molecule has 0 aliphatic rings. The molecule has 0 fully saturated rings. The fourth-order valence-electron chi connectivity index (χ4n) is 0.985. The number of hydrogen-bond donors (Lipinski definition) is 1. The van der Waals surface area contributed by atoms with Gasteiger partial charge in [-0.25, -0.2) is 0 Å². The minimum absolute atomic E-state index is 0.503. The number of rotatable bonds is 4. The third-order valence-corrected chi connectivity index (χ3v) is 1.77. The summed E-state index contributed by atoms with van der Waals surface area (Å²) in [5.41, 5.74) is 0. The van der Waals surface area contributed by atoms with Crippen molar-refractivity contribution in [1.29, 1.82) is 0 Å². The molecule has 0 aromatic carbocycles. The van der Waals surface area contributed by atoms with Crippen LogP contribution in [0.15, 0.2) is 30.6 Å². The molecule has 0 amide bonds. The van der Waals surface area contributed by atoms with Crippen molar-refractivity contribution in [2.24, 2.45) is 0 Å². The van der Waals surface area contributed by atoms with E-state index >= 15 is 0 Å². The van der Waals surface area contributed by atoms with Gasteiger partial charge in [0.05, 0.1) is 4.92 Å².